The summed E-state index contributed by atoms with van der Waals surface area (Å²) in [6.07, 6.45) is 1.70. The molecule has 3 aromatic rings. The number of thioether (sulfide) groups is 1. The lowest BCUT2D eigenvalue weighted by Crippen LogP contribution is -2.39. The van der Waals surface area contributed by atoms with Crippen molar-refractivity contribution < 1.29 is 9.59 Å². The molecule has 0 radical (unpaired) electrons. The minimum absolute atomic E-state index is 0.449. The summed E-state index contributed by atoms with van der Waals surface area (Å²) in [5, 5.41) is 4.48. The molecular formula is C19H19N5O2S. The maximum absolute atomic E-state index is 12.6. The van der Waals surface area contributed by atoms with Crippen molar-refractivity contribution in [3.8, 4) is 11.3 Å². The minimum Gasteiger partial charge on any atom is -0.341 e. The predicted molar refractivity (Wildman–Crippen MR) is 105 cm³/mol. The van der Waals surface area contributed by atoms with Gasteiger partial charge in [-0.05, 0) is 5.56 Å². The van der Waals surface area contributed by atoms with Crippen LogP contribution in [0.15, 0.2) is 72.0 Å². The van der Waals surface area contributed by atoms with Crippen LogP contribution in [-0.4, -0.2) is 28.6 Å². The molecule has 0 spiro atoms. The second-order valence-corrected chi connectivity index (χ2v) is 6.73. The third-order valence-corrected chi connectivity index (χ3v) is 5.03. The molecule has 0 saturated carbocycles. The fourth-order valence-electron chi connectivity index (χ4n) is 2.46. The third-order valence-electron chi connectivity index (χ3n) is 3.80. The molecule has 0 unspecified atom stereocenters. The molecule has 8 heteroatoms. The van der Waals surface area contributed by atoms with Crippen molar-refractivity contribution in [2.75, 3.05) is 12.9 Å². The number of hydrogen-bond acceptors (Lipinski definition) is 5. The van der Waals surface area contributed by atoms with E-state index in [4.69, 9.17) is 5.84 Å². The van der Waals surface area contributed by atoms with E-state index in [1.807, 2.05) is 60.7 Å². The molecule has 7 nitrogen and oxygen atoms in total. The van der Waals surface area contributed by atoms with Crippen LogP contribution in [0.25, 0.3) is 11.3 Å². The molecule has 0 aliphatic carbocycles. The lowest BCUT2D eigenvalue weighted by Gasteiger charge is -2.15. The van der Waals surface area contributed by atoms with Gasteiger partial charge >= 0.3 is 6.03 Å². The fourth-order valence-corrected chi connectivity index (χ4v) is 3.45. The van der Waals surface area contributed by atoms with Gasteiger partial charge in [0.2, 0.25) is 5.91 Å². The smallest absolute Gasteiger partial charge is 0.321 e. The number of imidazole rings is 1. The minimum atomic E-state index is -0.683. The highest BCUT2D eigenvalue weighted by Crippen LogP contribution is 2.35. The summed E-state index contributed by atoms with van der Waals surface area (Å²) < 4.78 is 1.39. The summed E-state index contributed by atoms with van der Waals surface area (Å²) in [5.74, 6) is 5.61. The number of nitrogens with one attached hydrogen (secondary N) is 2. The highest BCUT2D eigenvalue weighted by atomic mass is 32.2. The number of rotatable bonds is 5. The van der Waals surface area contributed by atoms with Crippen LogP contribution in [-0.2, 0) is 4.79 Å². The molecule has 3 amide bonds. The van der Waals surface area contributed by atoms with Gasteiger partial charge in [0.1, 0.15) is 5.25 Å². The van der Waals surface area contributed by atoms with Gasteiger partial charge in [0.15, 0.2) is 5.16 Å². The number of urea groups is 1. The van der Waals surface area contributed by atoms with Crippen LogP contribution in [0.5, 0.6) is 0 Å². The van der Waals surface area contributed by atoms with E-state index < -0.39 is 17.2 Å². The number of imide groups is 1. The Morgan fingerprint density at radius 1 is 1.07 bits per heavy atom. The zero-order chi connectivity index (χ0) is 19.2. The standard InChI is InChI=1S/C19H19N5O2S/c1-21-18(26)23-17(25)16(14-10-6-3-7-11-14)27-19-22-15(12-24(19)20)13-8-4-2-5-9-13/h2-12,16H,20H2,1H3,(H2,21,23,25,26)/t16-/m0/s1. The molecule has 3 rings (SSSR count). The van der Waals surface area contributed by atoms with Crippen LogP contribution >= 0.6 is 11.8 Å². The monoisotopic (exact) mass is 381 g/mol. The first kappa shape index (κ1) is 18.5. The summed E-state index contributed by atoms with van der Waals surface area (Å²) in [4.78, 5) is 28.8. The largest absolute Gasteiger partial charge is 0.341 e. The molecule has 27 heavy (non-hydrogen) atoms. The van der Waals surface area contributed by atoms with E-state index >= 15 is 0 Å². The summed E-state index contributed by atoms with van der Waals surface area (Å²) >= 11 is 1.18. The number of carbonyl (C=O) groups is 2. The van der Waals surface area contributed by atoms with Crippen molar-refractivity contribution in [3.05, 3.63) is 72.4 Å². The first-order valence-corrected chi connectivity index (χ1v) is 9.10. The summed E-state index contributed by atoms with van der Waals surface area (Å²) in [7, 11) is 1.45. The number of nitrogens with two attached hydrogens (primary N) is 1. The van der Waals surface area contributed by atoms with Gasteiger partial charge in [-0.25, -0.2) is 14.5 Å². The third kappa shape index (κ3) is 4.48. The Morgan fingerprint density at radius 3 is 2.33 bits per heavy atom. The molecule has 1 heterocycles. The highest BCUT2D eigenvalue weighted by Gasteiger charge is 2.26. The number of nitrogen functional groups attached to an aromatic ring is 1. The zero-order valence-electron chi connectivity index (χ0n) is 14.6. The highest BCUT2D eigenvalue weighted by molar-refractivity contribution is 8.00. The predicted octanol–water partition coefficient (Wildman–Crippen LogP) is 2.55. The second-order valence-electron chi connectivity index (χ2n) is 5.66. The lowest BCUT2D eigenvalue weighted by molar-refractivity contribution is -0.119. The Labute approximate surface area is 161 Å². The number of carbonyl (C=O) groups excluding carboxylic acids is 2. The molecule has 1 aromatic heterocycles. The molecule has 0 aliphatic heterocycles. The van der Waals surface area contributed by atoms with E-state index in [2.05, 4.69) is 15.6 Å². The number of aromatic nitrogens is 2. The van der Waals surface area contributed by atoms with Gasteiger partial charge in [0.05, 0.1) is 11.9 Å². The molecule has 2 aromatic carbocycles. The van der Waals surface area contributed by atoms with Gasteiger partial charge in [0, 0.05) is 12.6 Å². The first-order valence-electron chi connectivity index (χ1n) is 8.22. The van der Waals surface area contributed by atoms with Crippen LogP contribution in [0.4, 0.5) is 4.79 Å². The Balaban J connectivity index is 1.89. The molecule has 0 bridgehead atoms. The number of amides is 3. The summed E-state index contributed by atoms with van der Waals surface area (Å²) in [6.45, 7) is 0. The van der Waals surface area contributed by atoms with Gasteiger partial charge in [-0.3, -0.25) is 10.1 Å². The number of hydrogen-bond donors (Lipinski definition) is 3. The van der Waals surface area contributed by atoms with Gasteiger partial charge in [-0.15, -0.1) is 0 Å². The average molecular weight is 381 g/mol. The Bertz CT molecular complexity index is 928. The first-order chi connectivity index (χ1) is 13.1. The van der Waals surface area contributed by atoms with E-state index in [1.165, 1.54) is 23.5 Å². The van der Waals surface area contributed by atoms with E-state index in [9.17, 15) is 9.59 Å². The van der Waals surface area contributed by atoms with Crippen molar-refractivity contribution >= 4 is 23.7 Å². The van der Waals surface area contributed by atoms with Crippen LogP contribution < -0.4 is 16.5 Å². The van der Waals surface area contributed by atoms with Gasteiger partial charge in [-0.2, -0.15) is 0 Å². The van der Waals surface area contributed by atoms with Crippen LogP contribution in [0.3, 0.4) is 0 Å². The number of benzene rings is 2. The molecular weight excluding hydrogens is 362 g/mol. The molecule has 1 atom stereocenters. The molecule has 0 saturated heterocycles. The number of nitrogens with zero attached hydrogens (tertiary/aromatic N) is 2. The molecule has 0 aliphatic rings. The molecule has 0 fully saturated rings. The van der Waals surface area contributed by atoms with Crippen molar-refractivity contribution in [3.63, 3.8) is 0 Å². The average Bonchev–Trinajstić information content (AvgIpc) is 3.07. The van der Waals surface area contributed by atoms with Gasteiger partial charge in [-0.1, -0.05) is 72.4 Å². The summed E-state index contributed by atoms with van der Waals surface area (Å²) in [6, 6.07) is 18.2. The molecule has 138 valence electrons. The van der Waals surface area contributed by atoms with Crippen molar-refractivity contribution in [2.24, 2.45) is 0 Å². The quantitative estimate of drug-likeness (QED) is 0.466. The lowest BCUT2D eigenvalue weighted by atomic mass is 10.1. The van der Waals surface area contributed by atoms with Gasteiger partial charge < -0.3 is 11.2 Å². The maximum atomic E-state index is 12.6. The van der Waals surface area contributed by atoms with Crippen molar-refractivity contribution in [2.45, 2.75) is 10.4 Å². The Kier molecular flexibility index (Phi) is 5.77. The Hall–Kier alpha value is -3.26. The maximum Gasteiger partial charge on any atom is 0.321 e. The SMILES string of the molecule is CNC(=O)NC(=O)[C@@H](Sc1nc(-c2ccccc2)cn1N)c1ccccc1. The summed E-state index contributed by atoms with van der Waals surface area (Å²) in [5.41, 5.74) is 2.38. The van der Waals surface area contributed by atoms with Crippen LogP contribution in [0.1, 0.15) is 10.8 Å². The second kappa shape index (κ2) is 8.41. The zero-order valence-corrected chi connectivity index (χ0v) is 15.4. The van der Waals surface area contributed by atoms with E-state index in [1.54, 1.807) is 6.20 Å². The van der Waals surface area contributed by atoms with Crippen LogP contribution in [0.2, 0.25) is 0 Å². The topological polar surface area (TPSA) is 102 Å². The van der Waals surface area contributed by atoms with E-state index in [-0.39, 0.29) is 0 Å². The van der Waals surface area contributed by atoms with E-state index in [0.29, 0.717) is 10.9 Å². The van der Waals surface area contributed by atoms with Crippen molar-refractivity contribution in [1.82, 2.24) is 20.3 Å². The van der Waals surface area contributed by atoms with Gasteiger partial charge in [0.25, 0.3) is 0 Å². The fraction of sp³-hybridized carbons (Fsp3) is 0.105. The molecule has 4 N–H and O–H groups in total. The normalized spacial score (nSPS) is 11.6. The van der Waals surface area contributed by atoms with Crippen molar-refractivity contribution in [1.29, 1.82) is 0 Å². The van der Waals surface area contributed by atoms with Crippen LogP contribution in [0, 0.1) is 0 Å². The Morgan fingerprint density at radius 2 is 1.70 bits per heavy atom. The van der Waals surface area contributed by atoms with E-state index in [0.717, 1.165) is 11.1 Å².